The summed E-state index contributed by atoms with van der Waals surface area (Å²) < 4.78 is 0. The summed E-state index contributed by atoms with van der Waals surface area (Å²) in [4.78, 5) is 70.6. The van der Waals surface area contributed by atoms with E-state index in [2.05, 4.69) is 48.5 Å². The van der Waals surface area contributed by atoms with Crippen LogP contribution in [0.4, 0.5) is 4.79 Å². The van der Waals surface area contributed by atoms with Crippen molar-refractivity contribution in [1.82, 2.24) is 25.8 Å². The number of rotatable bonds is 11. The molecule has 1 saturated heterocycles. The van der Waals surface area contributed by atoms with Crippen molar-refractivity contribution in [2.24, 2.45) is 23.2 Å². The quantitative estimate of drug-likeness (QED) is 0.263. The van der Waals surface area contributed by atoms with E-state index in [-0.39, 0.29) is 41.7 Å². The summed E-state index contributed by atoms with van der Waals surface area (Å²) in [5.41, 5.74) is 1.70. The van der Waals surface area contributed by atoms with E-state index < -0.39 is 41.3 Å². The topological polar surface area (TPSA) is 128 Å². The monoisotopic (exact) mass is 607 g/mol. The third kappa shape index (κ3) is 6.54. The standard InChI is InChI=1S/C34H49N5O5/c1-9-13-24(28(40)30(42)35-16-10-2)36-29(41)27-25-23(34(25,6)7)19-39(27)31(43)26(37-32(44)38(8)33(3,4)5)22-17-20-14-11-12-15-21(20)18-22/h10-12,14-15,22-27H,2,9,13,16-19H2,1,3-8H3,(H,35,42)(H,36,41)(H,37,44)/t23?,24?,25?,26?,27-/m0/s1. The molecule has 10 heteroatoms. The number of likely N-dealkylation sites (tertiary alicyclic amines) is 1. The molecular formula is C34H49N5O5. The molecule has 1 aromatic rings. The van der Waals surface area contributed by atoms with Crippen molar-refractivity contribution in [3.05, 3.63) is 48.0 Å². The number of hydrogen-bond donors (Lipinski definition) is 3. The van der Waals surface area contributed by atoms with Gasteiger partial charge in [-0.2, -0.15) is 0 Å². The second kappa shape index (κ2) is 12.7. The van der Waals surface area contributed by atoms with Crippen LogP contribution in [0, 0.1) is 23.2 Å². The Morgan fingerprint density at radius 1 is 1.09 bits per heavy atom. The highest BCUT2D eigenvalue weighted by atomic mass is 16.2. The van der Waals surface area contributed by atoms with Crippen molar-refractivity contribution in [3.63, 3.8) is 0 Å². The number of Topliss-reactive ketones (excluding diaryl/α,β-unsaturated/α-hetero) is 1. The van der Waals surface area contributed by atoms with Gasteiger partial charge in [0, 0.05) is 25.7 Å². The normalized spacial score (nSPS) is 23.1. The van der Waals surface area contributed by atoms with Crippen molar-refractivity contribution in [2.75, 3.05) is 20.1 Å². The zero-order valence-electron chi connectivity index (χ0n) is 27.2. The average molecular weight is 608 g/mol. The number of ketones is 1. The minimum absolute atomic E-state index is 0.0900. The third-order valence-electron chi connectivity index (χ3n) is 10.0. The van der Waals surface area contributed by atoms with Gasteiger partial charge in [0.25, 0.3) is 5.91 Å². The fourth-order valence-electron chi connectivity index (χ4n) is 6.96. The maximum absolute atomic E-state index is 14.5. The SMILES string of the molecule is C=CCNC(=O)C(=O)C(CCC)NC(=O)[C@@H]1C2C(CN1C(=O)C(NC(=O)N(C)C(C)(C)C)C1Cc3ccccc3C1)C2(C)C. The van der Waals surface area contributed by atoms with Crippen molar-refractivity contribution in [3.8, 4) is 0 Å². The summed E-state index contributed by atoms with van der Waals surface area (Å²) in [5.74, 6) is -2.37. The van der Waals surface area contributed by atoms with Crippen molar-refractivity contribution in [1.29, 1.82) is 0 Å². The summed E-state index contributed by atoms with van der Waals surface area (Å²) in [7, 11) is 1.71. The number of benzene rings is 1. The lowest BCUT2D eigenvalue weighted by Crippen LogP contribution is -2.61. The Bertz CT molecular complexity index is 1290. The predicted octanol–water partition coefficient (Wildman–Crippen LogP) is 2.85. The molecule has 0 bridgehead atoms. The molecule has 3 aliphatic rings. The van der Waals surface area contributed by atoms with Gasteiger partial charge < -0.3 is 25.8 Å². The van der Waals surface area contributed by atoms with Gasteiger partial charge in [0.05, 0.1) is 6.04 Å². The molecule has 2 aliphatic carbocycles. The fourth-order valence-corrected chi connectivity index (χ4v) is 6.96. The highest BCUT2D eigenvalue weighted by Gasteiger charge is 2.69. The van der Waals surface area contributed by atoms with E-state index in [0.717, 1.165) is 11.1 Å². The number of nitrogens with one attached hydrogen (secondary N) is 3. The zero-order chi connectivity index (χ0) is 32.6. The first-order valence-corrected chi connectivity index (χ1v) is 15.8. The van der Waals surface area contributed by atoms with E-state index in [9.17, 15) is 24.0 Å². The van der Waals surface area contributed by atoms with Crippen LogP contribution in [0.2, 0.25) is 0 Å². The van der Waals surface area contributed by atoms with E-state index in [1.165, 1.54) is 6.08 Å². The third-order valence-corrected chi connectivity index (χ3v) is 10.0. The van der Waals surface area contributed by atoms with Crippen LogP contribution >= 0.6 is 0 Å². The largest absolute Gasteiger partial charge is 0.346 e. The minimum Gasteiger partial charge on any atom is -0.346 e. The maximum atomic E-state index is 14.5. The summed E-state index contributed by atoms with van der Waals surface area (Å²) in [6.07, 6.45) is 3.63. The molecule has 0 aromatic heterocycles. The second-order valence-corrected chi connectivity index (χ2v) is 14.2. The highest BCUT2D eigenvalue weighted by molar-refractivity contribution is 6.38. The molecule has 2 fully saturated rings. The molecule has 1 heterocycles. The Morgan fingerprint density at radius 2 is 1.70 bits per heavy atom. The van der Waals surface area contributed by atoms with E-state index in [1.54, 1.807) is 16.8 Å². The van der Waals surface area contributed by atoms with Crippen LogP contribution in [0.5, 0.6) is 0 Å². The predicted molar refractivity (Wildman–Crippen MR) is 168 cm³/mol. The lowest BCUT2D eigenvalue weighted by Gasteiger charge is -2.37. The molecule has 10 nitrogen and oxygen atoms in total. The Hall–Kier alpha value is -3.69. The average Bonchev–Trinajstić information content (AvgIpc) is 3.34. The van der Waals surface area contributed by atoms with E-state index >= 15 is 0 Å². The number of carbonyl (C=O) groups is 5. The Labute approximate surface area is 261 Å². The lowest BCUT2D eigenvalue weighted by molar-refractivity contribution is -0.144. The maximum Gasteiger partial charge on any atom is 0.318 e. The van der Waals surface area contributed by atoms with Crippen molar-refractivity contribution < 1.29 is 24.0 Å². The number of piperidine rings is 1. The molecule has 240 valence electrons. The van der Waals surface area contributed by atoms with E-state index in [0.29, 0.717) is 32.2 Å². The van der Waals surface area contributed by atoms with Crippen LogP contribution in [-0.4, -0.2) is 83.1 Å². The molecule has 4 unspecified atom stereocenters. The van der Waals surface area contributed by atoms with Crippen LogP contribution in [0.3, 0.4) is 0 Å². The van der Waals surface area contributed by atoms with Gasteiger partial charge in [-0.15, -0.1) is 6.58 Å². The van der Waals surface area contributed by atoms with Gasteiger partial charge in [0.1, 0.15) is 12.1 Å². The molecule has 4 rings (SSSR count). The molecule has 1 saturated carbocycles. The summed E-state index contributed by atoms with van der Waals surface area (Å²) in [6.45, 7) is 15.9. The van der Waals surface area contributed by atoms with Crippen LogP contribution in [0.15, 0.2) is 36.9 Å². The van der Waals surface area contributed by atoms with E-state index in [1.807, 2.05) is 39.8 Å². The van der Waals surface area contributed by atoms with Gasteiger partial charge in [0.2, 0.25) is 17.6 Å². The first kappa shape index (κ1) is 33.2. The second-order valence-electron chi connectivity index (χ2n) is 14.2. The Kier molecular flexibility index (Phi) is 9.61. The molecule has 5 amide bonds. The Morgan fingerprint density at radius 3 is 2.25 bits per heavy atom. The molecule has 0 spiro atoms. The first-order chi connectivity index (χ1) is 20.6. The van der Waals surface area contributed by atoms with Gasteiger partial charge in [-0.1, -0.05) is 57.5 Å². The molecule has 1 aromatic carbocycles. The summed E-state index contributed by atoms with van der Waals surface area (Å²) in [6, 6.07) is 5.06. The van der Waals surface area contributed by atoms with Crippen LogP contribution in [0.1, 0.15) is 65.5 Å². The molecule has 5 atom stereocenters. The Balaban J connectivity index is 1.61. The van der Waals surface area contributed by atoms with Crippen molar-refractivity contribution >= 4 is 29.5 Å². The van der Waals surface area contributed by atoms with Crippen LogP contribution in [0.25, 0.3) is 0 Å². The highest BCUT2D eigenvalue weighted by Crippen LogP contribution is 2.65. The molecular weight excluding hydrogens is 558 g/mol. The van der Waals surface area contributed by atoms with Gasteiger partial charge in [-0.3, -0.25) is 19.2 Å². The van der Waals surface area contributed by atoms with Gasteiger partial charge in [-0.25, -0.2) is 4.79 Å². The zero-order valence-corrected chi connectivity index (χ0v) is 27.2. The van der Waals surface area contributed by atoms with Crippen molar-refractivity contribution in [2.45, 2.75) is 90.9 Å². The van der Waals surface area contributed by atoms with E-state index in [4.69, 9.17) is 0 Å². The number of fused-ring (bicyclic) bond motifs is 2. The number of carbonyl (C=O) groups excluding carboxylic acids is 5. The lowest BCUT2D eigenvalue weighted by atomic mass is 9.93. The summed E-state index contributed by atoms with van der Waals surface area (Å²) >= 11 is 0. The molecule has 0 radical (unpaired) electrons. The summed E-state index contributed by atoms with van der Waals surface area (Å²) in [5, 5.41) is 8.38. The number of amides is 5. The van der Waals surface area contributed by atoms with Gasteiger partial charge in [0.15, 0.2) is 0 Å². The molecule has 1 aliphatic heterocycles. The fraction of sp³-hybridized carbons (Fsp3) is 0.618. The number of hydrogen-bond acceptors (Lipinski definition) is 5. The van der Waals surface area contributed by atoms with Crippen LogP contribution < -0.4 is 16.0 Å². The molecule has 44 heavy (non-hydrogen) atoms. The first-order valence-electron chi connectivity index (χ1n) is 15.8. The minimum atomic E-state index is -1.00. The smallest absolute Gasteiger partial charge is 0.318 e. The number of urea groups is 1. The van der Waals surface area contributed by atoms with Gasteiger partial charge in [-0.05, 0) is 74.3 Å². The number of nitrogens with zero attached hydrogens (tertiary/aromatic N) is 2. The molecule has 3 N–H and O–H groups in total. The van der Waals surface area contributed by atoms with Gasteiger partial charge >= 0.3 is 6.03 Å². The van der Waals surface area contributed by atoms with Crippen LogP contribution in [-0.2, 0) is 32.0 Å².